The van der Waals surface area contributed by atoms with Crippen LogP contribution in [0.2, 0.25) is 0 Å². The van der Waals surface area contributed by atoms with Gasteiger partial charge in [-0.3, -0.25) is 4.79 Å². The number of nitrogens with two attached hydrogens (primary N) is 1. The third-order valence-electron chi connectivity index (χ3n) is 3.47. The Kier molecular flexibility index (Phi) is 3.30. The molecule has 1 atom stereocenters. The molecule has 0 saturated carbocycles. The van der Waals surface area contributed by atoms with Crippen LogP contribution in [0.3, 0.4) is 0 Å². The summed E-state index contributed by atoms with van der Waals surface area (Å²) in [6, 6.07) is 7.30. The van der Waals surface area contributed by atoms with Gasteiger partial charge in [0, 0.05) is 23.7 Å². The molecule has 1 aliphatic heterocycles. The summed E-state index contributed by atoms with van der Waals surface area (Å²) >= 11 is 0. The SMILES string of the molecule is COc1cccc(C(=O)N2CC(N)CC2(C)C)c1. The molecule has 2 rings (SSSR count). The summed E-state index contributed by atoms with van der Waals surface area (Å²) in [7, 11) is 1.60. The smallest absolute Gasteiger partial charge is 0.254 e. The lowest BCUT2D eigenvalue weighted by Crippen LogP contribution is -2.42. The van der Waals surface area contributed by atoms with Crippen LogP contribution in [0.5, 0.6) is 5.75 Å². The number of carbonyl (C=O) groups is 1. The highest BCUT2D eigenvalue weighted by molar-refractivity contribution is 5.95. The van der Waals surface area contributed by atoms with Crippen molar-refractivity contribution >= 4 is 5.91 Å². The molecule has 1 aromatic rings. The summed E-state index contributed by atoms with van der Waals surface area (Å²) in [6.45, 7) is 4.72. The maximum atomic E-state index is 12.5. The number of amides is 1. The van der Waals surface area contributed by atoms with Crippen LogP contribution >= 0.6 is 0 Å². The number of carbonyl (C=O) groups excluding carboxylic acids is 1. The van der Waals surface area contributed by atoms with E-state index in [0.29, 0.717) is 17.9 Å². The van der Waals surface area contributed by atoms with E-state index in [1.807, 2.05) is 23.1 Å². The molecule has 0 bridgehead atoms. The van der Waals surface area contributed by atoms with Crippen molar-refractivity contribution in [3.8, 4) is 5.75 Å². The predicted molar refractivity (Wildman–Crippen MR) is 70.7 cm³/mol. The van der Waals surface area contributed by atoms with Gasteiger partial charge < -0.3 is 15.4 Å². The Morgan fingerprint density at radius 1 is 1.50 bits per heavy atom. The fourth-order valence-corrected chi connectivity index (χ4v) is 2.57. The molecule has 1 aliphatic rings. The normalized spacial score (nSPS) is 22.0. The van der Waals surface area contributed by atoms with Gasteiger partial charge >= 0.3 is 0 Å². The van der Waals surface area contributed by atoms with E-state index in [9.17, 15) is 4.79 Å². The van der Waals surface area contributed by atoms with Gasteiger partial charge in [0.2, 0.25) is 0 Å². The van der Waals surface area contributed by atoms with Crippen molar-refractivity contribution in [1.82, 2.24) is 4.90 Å². The second kappa shape index (κ2) is 4.61. The number of ether oxygens (including phenoxy) is 1. The zero-order valence-corrected chi connectivity index (χ0v) is 11.1. The largest absolute Gasteiger partial charge is 0.497 e. The van der Waals surface area contributed by atoms with Gasteiger partial charge in [-0.25, -0.2) is 0 Å². The summed E-state index contributed by atoms with van der Waals surface area (Å²) in [5.74, 6) is 0.717. The highest BCUT2D eigenvalue weighted by Crippen LogP contribution is 2.29. The van der Waals surface area contributed by atoms with Gasteiger partial charge in [0.05, 0.1) is 7.11 Å². The molecular formula is C14H20N2O2. The maximum absolute atomic E-state index is 12.5. The first-order chi connectivity index (χ1) is 8.44. The topological polar surface area (TPSA) is 55.6 Å². The number of rotatable bonds is 2. The Morgan fingerprint density at radius 2 is 2.22 bits per heavy atom. The number of hydrogen-bond acceptors (Lipinski definition) is 3. The van der Waals surface area contributed by atoms with E-state index < -0.39 is 0 Å². The van der Waals surface area contributed by atoms with E-state index in [1.54, 1.807) is 13.2 Å². The first kappa shape index (κ1) is 12.9. The van der Waals surface area contributed by atoms with Gasteiger partial charge in [-0.1, -0.05) is 6.07 Å². The zero-order valence-electron chi connectivity index (χ0n) is 11.1. The van der Waals surface area contributed by atoms with Crippen LogP contribution in [0.1, 0.15) is 30.6 Å². The van der Waals surface area contributed by atoms with Crippen LogP contribution in [0.4, 0.5) is 0 Å². The summed E-state index contributed by atoms with van der Waals surface area (Å²) in [5, 5.41) is 0. The lowest BCUT2D eigenvalue weighted by Gasteiger charge is -2.31. The number of hydrogen-bond donors (Lipinski definition) is 1. The fourth-order valence-electron chi connectivity index (χ4n) is 2.57. The van der Waals surface area contributed by atoms with Gasteiger partial charge in [-0.15, -0.1) is 0 Å². The van der Waals surface area contributed by atoms with Gasteiger partial charge in [-0.2, -0.15) is 0 Å². The average Bonchev–Trinajstić information content (AvgIpc) is 2.61. The fraction of sp³-hybridized carbons (Fsp3) is 0.500. The monoisotopic (exact) mass is 248 g/mol. The third-order valence-corrected chi connectivity index (χ3v) is 3.47. The third kappa shape index (κ3) is 2.34. The Hall–Kier alpha value is -1.55. The molecule has 1 amide bonds. The average molecular weight is 248 g/mol. The molecule has 1 aromatic carbocycles. The van der Waals surface area contributed by atoms with E-state index in [2.05, 4.69) is 13.8 Å². The number of nitrogens with zero attached hydrogens (tertiary/aromatic N) is 1. The number of methoxy groups -OCH3 is 1. The molecule has 0 aliphatic carbocycles. The molecular weight excluding hydrogens is 228 g/mol. The Morgan fingerprint density at radius 3 is 2.78 bits per heavy atom. The van der Waals surface area contributed by atoms with Crippen LogP contribution < -0.4 is 10.5 Å². The van der Waals surface area contributed by atoms with E-state index in [-0.39, 0.29) is 17.5 Å². The van der Waals surface area contributed by atoms with Crippen molar-refractivity contribution in [2.45, 2.75) is 31.8 Å². The summed E-state index contributed by atoms with van der Waals surface area (Å²) in [4.78, 5) is 14.3. The second-order valence-electron chi connectivity index (χ2n) is 5.42. The van der Waals surface area contributed by atoms with E-state index in [4.69, 9.17) is 10.5 Å². The molecule has 1 saturated heterocycles. The molecule has 4 heteroatoms. The highest BCUT2D eigenvalue weighted by atomic mass is 16.5. The lowest BCUT2D eigenvalue weighted by molar-refractivity contribution is 0.0651. The minimum Gasteiger partial charge on any atom is -0.497 e. The predicted octanol–water partition coefficient (Wildman–Crippen LogP) is 1.65. The van der Waals surface area contributed by atoms with Crippen molar-refractivity contribution in [2.75, 3.05) is 13.7 Å². The minimum atomic E-state index is -0.181. The Labute approximate surface area is 108 Å². The van der Waals surface area contributed by atoms with E-state index >= 15 is 0 Å². The molecule has 4 nitrogen and oxygen atoms in total. The van der Waals surface area contributed by atoms with Gasteiger partial charge in [0.15, 0.2) is 0 Å². The van der Waals surface area contributed by atoms with Crippen molar-refractivity contribution < 1.29 is 9.53 Å². The van der Waals surface area contributed by atoms with E-state index in [0.717, 1.165) is 6.42 Å². The van der Waals surface area contributed by atoms with Gasteiger partial charge in [0.25, 0.3) is 5.91 Å². The van der Waals surface area contributed by atoms with Crippen LogP contribution in [-0.2, 0) is 0 Å². The van der Waals surface area contributed by atoms with E-state index in [1.165, 1.54) is 0 Å². The standard InChI is InChI=1S/C14H20N2O2/c1-14(2)8-11(15)9-16(14)13(17)10-5-4-6-12(7-10)18-3/h4-7,11H,8-9,15H2,1-3H3. The number of likely N-dealkylation sites (tertiary alicyclic amines) is 1. The Bertz CT molecular complexity index is 457. The van der Waals surface area contributed by atoms with Crippen LogP contribution in [-0.4, -0.2) is 36.0 Å². The molecule has 0 radical (unpaired) electrons. The summed E-state index contributed by atoms with van der Waals surface area (Å²) in [6.07, 6.45) is 0.836. The summed E-state index contributed by atoms with van der Waals surface area (Å²) < 4.78 is 5.15. The van der Waals surface area contributed by atoms with Crippen molar-refractivity contribution in [1.29, 1.82) is 0 Å². The van der Waals surface area contributed by atoms with Gasteiger partial charge in [0.1, 0.15) is 5.75 Å². The van der Waals surface area contributed by atoms with Crippen molar-refractivity contribution in [3.05, 3.63) is 29.8 Å². The molecule has 0 spiro atoms. The quantitative estimate of drug-likeness (QED) is 0.865. The molecule has 1 fully saturated rings. The second-order valence-corrected chi connectivity index (χ2v) is 5.42. The first-order valence-corrected chi connectivity index (χ1v) is 6.15. The van der Waals surface area contributed by atoms with Crippen molar-refractivity contribution in [2.24, 2.45) is 5.73 Å². The number of benzene rings is 1. The van der Waals surface area contributed by atoms with Gasteiger partial charge in [-0.05, 0) is 38.5 Å². The van der Waals surface area contributed by atoms with Crippen molar-refractivity contribution in [3.63, 3.8) is 0 Å². The minimum absolute atomic E-state index is 0.0202. The summed E-state index contributed by atoms with van der Waals surface area (Å²) in [5.41, 5.74) is 6.42. The molecule has 0 aromatic heterocycles. The molecule has 98 valence electrons. The molecule has 2 N–H and O–H groups in total. The zero-order chi connectivity index (χ0) is 13.3. The van der Waals surface area contributed by atoms with Crippen LogP contribution in [0.15, 0.2) is 24.3 Å². The lowest BCUT2D eigenvalue weighted by atomic mass is 10.00. The van der Waals surface area contributed by atoms with Crippen LogP contribution in [0, 0.1) is 0 Å². The Balaban J connectivity index is 2.25. The highest BCUT2D eigenvalue weighted by Gasteiger charge is 2.39. The van der Waals surface area contributed by atoms with Crippen LogP contribution in [0.25, 0.3) is 0 Å². The molecule has 1 heterocycles. The molecule has 1 unspecified atom stereocenters. The maximum Gasteiger partial charge on any atom is 0.254 e. The first-order valence-electron chi connectivity index (χ1n) is 6.15. The molecule has 18 heavy (non-hydrogen) atoms.